The first-order valence-electron chi connectivity index (χ1n) is 15.0. The van der Waals surface area contributed by atoms with Crippen LogP contribution in [0.5, 0.6) is 0 Å². The van der Waals surface area contributed by atoms with Crippen molar-refractivity contribution in [2.45, 2.75) is 81.7 Å². The van der Waals surface area contributed by atoms with E-state index in [0.29, 0.717) is 0 Å². The normalized spacial score (nSPS) is 18.5. The maximum absolute atomic E-state index is 13.9. The first-order chi connectivity index (χ1) is 21.9. The number of allylic oxidation sites excluding steroid dienone is 4. The number of unbranched alkanes of at least 4 members (excludes halogenated alkanes) is 4. The number of nitrogens with zero attached hydrogens (tertiary/aromatic N) is 1. The van der Waals surface area contributed by atoms with Crippen LogP contribution in [0.4, 0.5) is 43.9 Å². The Balaban J connectivity index is 0.000000373. The van der Waals surface area contributed by atoms with Gasteiger partial charge in [0.2, 0.25) is 0 Å². The van der Waals surface area contributed by atoms with Crippen LogP contribution in [-0.2, 0) is 19.7 Å². The third-order valence-corrected chi connectivity index (χ3v) is 12.5. The Morgan fingerprint density at radius 2 is 1.23 bits per heavy atom. The van der Waals surface area contributed by atoms with Crippen molar-refractivity contribution in [3.63, 3.8) is 0 Å². The fraction of sp³-hybridized carbons (Fsp3) is 0.567. The van der Waals surface area contributed by atoms with Crippen LogP contribution in [0.2, 0.25) is 0 Å². The number of sulfone groups is 2. The summed E-state index contributed by atoms with van der Waals surface area (Å²) in [5.41, 5.74) is -3.48. The Bertz CT molecular complexity index is 1700. The molecule has 1 N–H and O–H groups in total. The van der Waals surface area contributed by atoms with E-state index in [1.54, 1.807) is 0 Å². The van der Waals surface area contributed by atoms with E-state index in [9.17, 15) is 60.7 Å². The maximum Gasteiger partial charge on any atom is 0.469 e. The predicted molar refractivity (Wildman–Crippen MR) is 160 cm³/mol. The van der Waals surface area contributed by atoms with Gasteiger partial charge in [-0.1, -0.05) is 50.5 Å². The van der Waals surface area contributed by atoms with Gasteiger partial charge < -0.3 is 4.48 Å². The molecule has 4 rings (SSSR count). The smallest absolute Gasteiger partial charge is 0.324 e. The molecule has 1 heterocycles. The van der Waals surface area contributed by atoms with Crippen molar-refractivity contribution in [2.75, 3.05) is 26.2 Å². The van der Waals surface area contributed by atoms with Crippen molar-refractivity contribution < 1.29 is 65.2 Å². The summed E-state index contributed by atoms with van der Waals surface area (Å²) >= 11 is 0. The molecular formula is C30H35F10N2O4S2+. The summed E-state index contributed by atoms with van der Waals surface area (Å²) in [6.45, 7) is 10.4. The van der Waals surface area contributed by atoms with Crippen molar-refractivity contribution in [1.82, 2.24) is 0 Å². The number of quaternary nitrogens is 1. The van der Waals surface area contributed by atoms with Gasteiger partial charge >= 0.3 is 22.9 Å². The SMILES string of the molecule is CCCCCCC[N+]1(CC)CCCC1.N=C1C2=Cc3ccccc3C2=CC(S(=O)(=O)C(F)(F)C(F)(F)F)=C1S(=O)(=O)C(F)(F)C(F)(F)F. The molecule has 0 spiro atoms. The molecule has 2 aliphatic carbocycles. The van der Waals surface area contributed by atoms with Crippen LogP contribution in [0.3, 0.4) is 0 Å². The van der Waals surface area contributed by atoms with Crippen molar-refractivity contribution >= 4 is 37.0 Å². The molecule has 270 valence electrons. The van der Waals surface area contributed by atoms with Crippen molar-refractivity contribution in [3.05, 3.63) is 56.9 Å². The van der Waals surface area contributed by atoms with Crippen molar-refractivity contribution in [1.29, 1.82) is 5.41 Å². The topological polar surface area (TPSA) is 92.1 Å². The molecule has 0 atom stereocenters. The lowest BCUT2D eigenvalue weighted by Gasteiger charge is -2.33. The highest BCUT2D eigenvalue weighted by atomic mass is 32.2. The third-order valence-electron chi connectivity index (χ3n) is 8.65. The van der Waals surface area contributed by atoms with E-state index in [1.807, 2.05) is 0 Å². The first kappa shape index (κ1) is 39.7. The summed E-state index contributed by atoms with van der Waals surface area (Å²) in [4.78, 5) is -5.57. The van der Waals surface area contributed by atoms with Crippen LogP contribution in [0, 0.1) is 5.41 Å². The summed E-state index contributed by atoms with van der Waals surface area (Å²) in [6, 6.07) is 4.95. The molecule has 0 bridgehead atoms. The monoisotopic (exact) mass is 741 g/mol. The fourth-order valence-electron chi connectivity index (χ4n) is 5.84. The summed E-state index contributed by atoms with van der Waals surface area (Å²) in [7, 11) is -14.7. The molecule has 3 aliphatic rings. The number of benzene rings is 1. The molecule has 0 aromatic heterocycles. The molecular weight excluding hydrogens is 706 g/mol. The van der Waals surface area contributed by atoms with E-state index in [1.165, 1.54) is 93.8 Å². The minimum absolute atomic E-state index is 0.0223. The van der Waals surface area contributed by atoms with Gasteiger partial charge in [0, 0.05) is 18.4 Å². The van der Waals surface area contributed by atoms with E-state index >= 15 is 0 Å². The second kappa shape index (κ2) is 13.9. The molecule has 0 unspecified atom stereocenters. The van der Waals surface area contributed by atoms with Crippen LogP contribution in [0.25, 0.3) is 11.6 Å². The van der Waals surface area contributed by atoms with Crippen LogP contribution in [-0.4, -0.2) is 76.1 Å². The Labute approximate surface area is 272 Å². The van der Waals surface area contributed by atoms with Crippen LogP contribution < -0.4 is 0 Å². The summed E-state index contributed by atoms with van der Waals surface area (Å²) in [5, 5.41) is -5.85. The molecule has 0 saturated carbocycles. The minimum atomic E-state index is -7.40. The number of halogens is 10. The second-order valence-corrected chi connectivity index (χ2v) is 15.6. The van der Waals surface area contributed by atoms with Gasteiger partial charge in [0.25, 0.3) is 19.7 Å². The molecule has 1 saturated heterocycles. The third kappa shape index (κ3) is 7.11. The van der Waals surface area contributed by atoms with E-state index in [4.69, 9.17) is 5.41 Å². The van der Waals surface area contributed by atoms with Gasteiger partial charge in [-0.3, -0.25) is 5.41 Å². The highest BCUT2D eigenvalue weighted by molar-refractivity contribution is 8.01. The second-order valence-electron chi connectivity index (χ2n) is 11.8. The van der Waals surface area contributed by atoms with Gasteiger partial charge in [-0.15, -0.1) is 0 Å². The number of nitrogens with one attached hydrogen (secondary N) is 1. The Morgan fingerprint density at radius 1 is 0.708 bits per heavy atom. The van der Waals surface area contributed by atoms with E-state index in [0.717, 1.165) is 12.1 Å². The zero-order chi connectivity index (χ0) is 36.6. The zero-order valence-electron chi connectivity index (χ0n) is 25.9. The number of alkyl halides is 10. The van der Waals surface area contributed by atoms with Gasteiger partial charge in [0.1, 0.15) is 4.91 Å². The fourth-order valence-corrected chi connectivity index (χ4v) is 8.97. The number of rotatable bonds is 11. The number of hydrogen-bond donors (Lipinski definition) is 1. The molecule has 1 aromatic rings. The summed E-state index contributed by atoms with van der Waals surface area (Å²) in [6.07, 6.45) is -3.07. The standard InChI is InChI=1S/C17H7F10NO4S2.C13H28N/c18-14(19,20)16(24,25)33(29,30)11-6-9-8-4-2-1-3-7(8)5-10(9)12(28)13(11)34(31,32)17(26,27)15(21,22)23;1-3-5-6-7-8-11-14(4-2)12-9-10-13-14/h1-6,28H;3-13H2,1-2H3/q;+1. The van der Waals surface area contributed by atoms with Gasteiger partial charge in [0.15, 0.2) is 0 Å². The van der Waals surface area contributed by atoms with E-state index < -0.39 is 69.2 Å². The molecule has 18 heteroatoms. The average Bonchev–Trinajstić information content (AvgIpc) is 3.61. The van der Waals surface area contributed by atoms with Gasteiger partial charge in [-0.2, -0.15) is 43.9 Å². The average molecular weight is 742 g/mol. The summed E-state index contributed by atoms with van der Waals surface area (Å²) < 4.78 is 183. The Hall–Kier alpha value is -2.73. The van der Waals surface area contributed by atoms with E-state index in [2.05, 4.69) is 13.8 Å². The van der Waals surface area contributed by atoms with Crippen molar-refractivity contribution in [3.8, 4) is 0 Å². The van der Waals surface area contributed by atoms with Crippen LogP contribution in [0.1, 0.15) is 69.9 Å². The Morgan fingerprint density at radius 3 is 1.75 bits per heavy atom. The zero-order valence-corrected chi connectivity index (χ0v) is 27.6. The molecule has 1 aromatic carbocycles. The first-order valence-corrected chi connectivity index (χ1v) is 18.0. The largest absolute Gasteiger partial charge is 0.469 e. The molecule has 0 radical (unpaired) electrons. The molecule has 1 fully saturated rings. The number of likely N-dealkylation sites (tertiary alicyclic amines) is 1. The van der Waals surface area contributed by atoms with Crippen molar-refractivity contribution in [2.24, 2.45) is 0 Å². The van der Waals surface area contributed by atoms with E-state index in [-0.39, 0.29) is 17.2 Å². The lowest BCUT2D eigenvalue weighted by molar-refractivity contribution is -0.915. The van der Waals surface area contributed by atoms with Gasteiger partial charge in [0.05, 0.1) is 36.8 Å². The Kier molecular flexibility index (Phi) is 11.5. The lowest BCUT2D eigenvalue weighted by Crippen LogP contribution is -2.48. The maximum atomic E-state index is 13.9. The molecule has 6 nitrogen and oxygen atoms in total. The predicted octanol–water partition coefficient (Wildman–Crippen LogP) is 8.44. The molecule has 1 aliphatic heterocycles. The minimum Gasteiger partial charge on any atom is -0.324 e. The van der Waals surface area contributed by atoms with Crippen LogP contribution >= 0.6 is 0 Å². The number of fused-ring (bicyclic) bond motifs is 3. The highest BCUT2D eigenvalue weighted by Crippen LogP contribution is 2.52. The quantitative estimate of drug-likeness (QED) is 0.140. The number of hydrogen-bond acceptors (Lipinski definition) is 5. The molecule has 0 amide bonds. The molecule has 48 heavy (non-hydrogen) atoms. The van der Waals surface area contributed by atoms with Crippen LogP contribution in [0.15, 0.2) is 45.7 Å². The van der Waals surface area contributed by atoms with Gasteiger partial charge in [-0.05, 0) is 48.6 Å². The lowest BCUT2D eigenvalue weighted by atomic mass is 9.95. The highest BCUT2D eigenvalue weighted by Gasteiger charge is 2.72. The van der Waals surface area contributed by atoms with Gasteiger partial charge in [-0.25, -0.2) is 16.8 Å². The summed E-state index contributed by atoms with van der Waals surface area (Å²) in [5.74, 6) is 0.